The summed E-state index contributed by atoms with van der Waals surface area (Å²) >= 11 is 0. The van der Waals surface area contributed by atoms with Gasteiger partial charge in [0.2, 0.25) is 5.91 Å². The SMILES string of the molecule is CC(C)CN1CCC2(CCCC(N)=O)c3cc(O)ccc3C[C@@H]1[C@@H]2C. The van der Waals surface area contributed by atoms with E-state index in [0.717, 1.165) is 38.8 Å². The molecule has 1 aromatic rings. The van der Waals surface area contributed by atoms with E-state index in [1.807, 2.05) is 12.1 Å². The lowest BCUT2D eigenvalue weighted by Gasteiger charge is -2.56. The van der Waals surface area contributed by atoms with E-state index in [1.54, 1.807) is 0 Å². The highest BCUT2D eigenvalue weighted by molar-refractivity contribution is 5.73. The molecule has 4 heteroatoms. The van der Waals surface area contributed by atoms with Crippen LogP contribution in [0.3, 0.4) is 0 Å². The van der Waals surface area contributed by atoms with Crippen LogP contribution >= 0.6 is 0 Å². The molecule has 1 aromatic carbocycles. The molecule has 25 heavy (non-hydrogen) atoms. The number of likely N-dealkylation sites (tertiary alicyclic amines) is 1. The number of fused-ring (bicyclic) bond motifs is 4. The monoisotopic (exact) mass is 344 g/mol. The van der Waals surface area contributed by atoms with Crippen molar-refractivity contribution in [3.63, 3.8) is 0 Å². The molecule has 3 N–H and O–H groups in total. The molecule has 1 heterocycles. The van der Waals surface area contributed by atoms with Gasteiger partial charge in [-0.25, -0.2) is 0 Å². The van der Waals surface area contributed by atoms with Crippen LogP contribution in [0.1, 0.15) is 57.6 Å². The maximum absolute atomic E-state index is 11.2. The number of benzene rings is 1. The van der Waals surface area contributed by atoms with Gasteiger partial charge in [-0.15, -0.1) is 0 Å². The Morgan fingerprint density at radius 1 is 1.44 bits per heavy atom. The summed E-state index contributed by atoms with van der Waals surface area (Å²) in [6, 6.07) is 6.44. The van der Waals surface area contributed by atoms with Crippen LogP contribution in [0.5, 0.6) is 5.75 Å². The second-order valence-electron chi connectivity index (χ2n) is 8.52. The van der Waals surface area contributed by atoms with E-state index in [4.69, 9.17) is 5.73 Å². The zero-order valence-electron chi connectivity index (χ0n) is 15.8. The van der Waals surface area contributed by atoms with Crippen molar-refractivity contribution in [1.29, 1.82) is 0 Å². The molecule has 1 saturated heterocycles. The minimum absolute atomic E-state index is 0.0555. The molecule has 1 aliphatic carbocycles. The van der Waals surface area contributed by atoms with Crippen LogP contribution in [0.25, 0.3) is 0 Å². The van der Waals surface area contributed by atoms with Crippen LogP contribution < -0.4 is 5.73 Å². The molecule has 2 bridgehead atoms. The molecular weight excluding hydrogens is 312 g/mol. The first kappa shape index (κ1) is 18.2. The van der Waals surface area contributed by atoms with Crippen molar-refractivity contribution >= 4 is 5.91 Å². The smallest absolute Gasteiger partial charge is 0.217 e. The molecule has 0 saturated carbocycles. The Hall–Kier alpha value is -1.55. The van der Waals surface area contributed by atoms with Gasteiger partial charge in [0.15, 0.2) is 0 Å². The summed E-state index contributed by atoms with van der Waals surface area (Å²) in [6.07, 6.45) is 4.39. The molecule has 3 atom stereocenters. The van der Waals surface area contributed by atoms with Gasteiger partial charge in [0.05, 0.1) is 0 Å². The summed E-state index contributed by atoms with van der Waals surface area (Å²) in [6.45, 7) is 9.18. The molecular formula is C21H32N2O2. The van der Waals surface area contributed by atoms with Gasteiger partial charge in [-0.05, 0) is 67.3 Å². The number of aromatic hydroxyl groups is 1. The topological polar surface area (TPSA) is 66.6 Å². The Balaban J connectivity index is 1.96. The lowest BCUT2D eigenvalue weighted by atomic mass is 9.56. The zero-order valence-corrected chi connectivity index (χ0v) is 15.8. The normalized spacial score (nSPS) is 28.8. The largest absolute Gasteiger partial charge is 0.508 e. The summed E-state index contributed by atoms with van der Waals surface area (Å²) in [5.41, 5.74) is 8.11. The van der Waals surface area contributed by atoms with Crippen molar-refractivity contribution in [2.24, 2.45) is 17.6 Å². The minimum atomic E-state index is -0.218. The summed E-state index contributed by atoms with van der Waals surface area (Å²) < 4.78 is 0. The standard InChI is InChI=1S/C21H32N2O2/c1-14(2)13-23-10-9-21(8-4-5-20(22)25)15(3)19(23)11-16-6-7-17(24)12-18(16)21/h6-7,12,14-15,19,24H,4-5,8-11,13H2,1-3H3,(H2,22,25)/t15-,19+,21?/m0/s1. The third-order valence-electron chi connectivity index (χ3n) is 6.47. The average molecular weight is 344 g/mol. The van der Waals surface area contributed by atoms with Gasteiger partial charge in [0.1, 0.15) is 5.75 Å². The van der Waals surface area contributed by atoms with Crippen LogP contribution in [0, 0.1) is 11.8 Å². The first-order valence-corrected chi connectivity index (χ1v) is 9.68. The molecule has 2 aliphatic rings. The Morgan fingerprint density at radius 3 is 2.88 bits per heavy atom. The number of carbonyl (C=O) groups excluding carboxylic acids is 1. The number of piperidine rings is 1. The van der Waals surface area contributed by atoms with E-state index >= 15 is 0 Å². The van der Waals surface area contributed by atoms with Crippen LogP contribution in [-0.2, 0) is 16.6 Å². The number of hydrogen-bond donors (Lipinski definition) is 2. The fraction of sp³-hybridized carbons (Fsp3) is 0.667. The molecule has 1 aliphatic heterocycles. The van der Waals surface area contributed by atoms with Crippen molar-refractivity contribution in [2.45, 2.75) is 64.3 Å². The number of phenolic OH excluding ortho intramolecular Hbond substituents is 1. The maximum Gasteiger partial charge on any atom is 0.217 e. The van der Waals surface area contributed by atoms with Gasteiger partial charge >= 0.3 is 0 Å². The second kappa shape index (κ2) is 6.99. The summed E-state index contributed by atoms with van der Waals surface area (Å²) in [7, 11) is 0. The van der Waals surface area contributed by atoms with Gasteiger partial charge in [0.25, 0.3) is 0 Å². The van der Waals surface area contributed by atoms with Gasteiger partial charge in [0, 0.05) is 24.4 Å². The Bertz CT molecular complexity index is 643. The van der Waals surface area contributed by atoms with Crippen LogP contribution in [0.4, 0.5) is 0 Å². The van der Waals surface area contributed by atoms with E-state index < -0.39 is 0 Å². The van der Waals surface area contributed by atoms with E-state index in [9.17, 15) is 9.90 Å². The minimum Gasteiger partial charge on any atom is -0.508 e. The lowest BCUT2D eigenvalue weighted by Crippen LogP contribution is -2.59. The highest BCUT2D eigenvalue weighted by Gasteiger charge is 2.50. The second-order valence-corrected chi connectivity index (χ2v) is 8.52. The van der Waals surface area contributed by atoms with Gasteiger partial charge in [-0.2, -0.15) is 0 Å². The van der Waals surface area contributed by atoms with Crippen LogP contribution in [0.2, 0.25) is 0 Å². The fourth-order valence-corrected chi connectivity index (χ4v) is 5.30. The Labute approximate surface area is 151 Å². The number of primary amides is 1. The van der Waals surface area contributed by atoms with Crippen molar-refractivity contribution in [1.82, 2.24) is 4.90 Å². The molecule has 0 spiro atoms. The quantitative estimate of drug-likeness (QED) is 0.833. The zero-order chi connectivity index (χ0) is 18.2. The molecule has 0 radical (unpaired) electrons. The van der Waals surface area contributed by atoms with Crippen LogP contribution in [-0.4, -0.2) is 35.0 Å². The molecule has 138 valence electrons. The third-order valence-corrected chi connectivity index (χ3v) is 6.47. The van der Waals surface area contributed by atoms with Crippen LogP contribution in [0.15, 0.2) is 18.2 Å². The molecule has 1 amide bonds. The molecule has 1 unspecified atom stereocenters. The average Bonchev–Trinajstić information content (AvgIpc) is 2.52. The van der Waals surface area contributed by atoms with Crippen molar-refractivity contribution in [3.05, 3.63) is 29.3 Å². The first-order valence-electron chi connectivity index (χ1n) is 9.68. The number of hydrogen-bond acceptors (Lipinski definition) is 3. The van der Waals surface area contributed by atoms with Gasteiger partial charge < -0.3 is 10.8 Å². The number of carbonyl (C=O) groups is 1. The highest BCUT2D eigenvalue weighted by Crippen LogP contribution is 2.52. The fourth-order valence-electron chi connectivity index (χ4n) is 5.30. The molecule has 4 nitrogen and oxygen atoms in total. The predicted molar refractivity (Wildman–Crippen MR) is 101 cm³/mol. The number of amides is 1. The van der Waals surface area contributed by atoms with E-state index in [0.29, 0.717) is 30.0 Å². The Morgan fingerprint density at radius 2 is 2.20 bits per heavy atom. The number of rotatable bonds is 6. The number of nitrogens with zero attached hydrogens (tertiary/aromatic N) is 1. The summed E-state index contributed by atoms with van der Waals surface area (Å²) in [5.74, 6) is 1.31. The molecule has 3 rings (SSSR count). The molecule has 0 aromatic heterocycles. The summed E-state index contributed by atoms with van der Waals surface area (Å²) in [5, 5.41) is 10.1. The van der Waals surface area contributed by atoms with E-state index in [1.165, 1.54) is 11.1 Å². The van der Waals surface area contributed by atoms with Crippen molar-refractivity contribution < 1.29 is 9.90 Å². The molecule has 1 fully saturated rings. The lowest BCUT2D eigenvalue weighted by molar-refractivity contribution is -0.118. The van der Waals surface area contributed by atoms with E-state index in [-0.39, 0.29) is 11.3 Å². The van der Waals surface area contributed by atoms with Gasteiger partial charge in [-0.3, -0.25) is 9.69 Å². The maximum atomic E-state index is 11.2. The predicted octanol–water partition coefficient (Wildman–Crippen LogP) is 3.21. The summed E-state index contributed by atoms with van der Waals surface area (Å²) in [4.78, 5) is 13.9. The number of nitrogens with two attached hydrogens (primary N) is 1. The van der Waals surface area contributed by atoms with Crippen molar-refractivity contribution in [2.75, 3.05) is 13.1 Å². The van der Waals surface area contributed by atoms with Crippen molar-refractivity contribution in [3.8, 4) is 5.75 Å². The van der Waals surface area contributed by atoms with E-state index in [2.05, 4.69) is 31.7 Å². The highest BCUT2D eigenvalue weighted by atomic mass is 16.3. The first-order chi connectivity index (χ1) is 11.8. The third kappa shape index (κ3) is 3.41. The Kier molecular flexibility index (Phi) is 5.10. The van der Waals surface area contributed by atoms with Gasteiger partial charge in [-0.1, -0.05) is 26.8 Å². The number of phenols is 1.